The SMILES string of the molecule is CC(C)(C)NCC=Cc1ccnc2ccccc12. The van der Waals surface area contributed by atoms with Gasteiger partial charge in [0.25, 0.3) is 0 Å². The van der Waals surface area contributed by atoms with Gasteiger partial charge in [-0.1, -0.05) is 30.4 Å². The molecule has 1 aromatic carbocycles. The lowest BCUT2D eigenvalue weighted by Crippen LogP contribution is -2.35. The van der Waals surface area contributed by atoms with Crippen molar-refractivity contribution in [1.82, 2.24) is 10.3 Å². The fourth-order valence-corrected chi connectivity index (χ4v) is 1.81. The Kier molecular flexibility index (Phi) is 3.78. The Hall–Kier alpha value is -1.67. The summed E-state index contributed by atoms with van der Waals surface area (Å²) in [6.07, 6.45) is 6.18. The van der Waals surface area contributed by atoms with Gasteiger partial charge in [-0.3, -0.25) is 4.98 Å². The quantitative estimate of drug-likeness (QED) is 0.886. The highest BCUT2D eigenvalue weighted by Crippen LogP contribution is 2.17. The molecule has 1 heterocycles. The van der Waals surface area contributed by atoms with Crippen molar-refractivity contribution in [3.8, 4) is 0 Å². The van der Waals surface area contributed by atoms with Crippen molar-refractivity contribution >= 4 is 17.0 Å². The normalized spacial score (nSPS) is 12.4. The van der Waals surface area contributed by atoms with Gasteiger partial charge in [0.15, 0.2) is 0 Å². The zero-order chi connectivity index (χ0) is 13.0. The fourth-order valence-electron chi connectivity index (χ4n) is 1.81. The third-order valence-corrected chi connectivity index (χ3v) is 2.73. The number of para-hydroxylation sites is 1. The molecular formula is C16H20N2. The van der Waals surface area contributed by atoms with Gasteiger partial charge in [0.05, 0.1) is 5.52 Å². The molecule has 2 nitrogen and oxygen atoms in total. The van der Waals surface area contributed by atoms with Gasteiger partial charge in [0.1, 0.15) is 0 Å². The lowest BCUT2D eigenvalue weighted by atomic mass is 10.1. The van der Waals surface area contributed by atoms with E-state index in [9.17, 15) is 0 Å². The van der Waals surface area contributed by atoms with E-state index >= 15 is 0 Å². The average Bonchev–Trinajstić information content (AvgIpc) is 2.33. The summed E-state index contributed by atoms with van der Waals surface area (Å²) in [5.41, 5.74) is 2.42. The molecule has 18 heavy (non-hydrogen) atoms. The first-order valence-electron chi connectivity index (χ1n) is 6.31. The van der Waals surface area contributed by atoms with E-state index in [0.29, 0.717) is 0 Å². The van der Waals surface area contributed by atoms with E-state index in [1.54, 1.807) is 0 Å². The summed E-state index contributed by atoms with van der Waals surface area (Å²) in [6.45, 7) is 7.38. The maximum absolute atomic E-state index is 4.36. The van der Waals surface area contributed by atoms with Crippen LogP contribution < -0.4 is 5.32 Å². The summed E-state index contributed by atoms with van der Waals surface area (Å²) < 4.78 is 0. The minimum atomic E-state index is 0.157. The van der Waals surface area contributed by atoms with Crippen molar-refractivity contribution in [2.75, 3.05) is 6.54 Å². The smallest absolute Gasteiger partial charge is 0.0707 e. The van der Waals surface area contributed by atoms with E-state index < -0.39 is 0 Å². The Bertz CT molecular complexity index is 545. The molecule has 2 aromatic rings. The van der Waals surface area contributed by atoms with E-state index in [0.717, 1.165) is 12.1 Å². The molecule has 0 aliphatic carbocycles. The first-order valence-corrected chi connectivity index (χ1v) is 6.31. The highest BCUT2D eigenvalue weighted by atomic mass is 14.9. The molecule has 0 atom stereocenters. The van der Waals surface area contributed by atoms with E-state index in [4.69, 9.17) is 0 Å². The van der Waals surface area contributed by atoms with Gasteiger partial charge in [-0.05, 0) is 38.5 Å². The molecular weight excluding hydrogens is 220 g/mol. The molecule has 0 saturated carbocycles. The summed E-state index contributed by atoms with van der Waals surface area (Å²) in [5.74, 6) is 0. The number of rotatable bonds is 3. The Morgan fingerprint density at radius 1 is 1.17 bits per heavy atom. The maximum Gasteiger partial charge on any atom is 0.0707 e. The number of pyridine rings is 1. The Balaban J connectivity index is 2.14. The van der Waals surface area contributed by atoms with Gasteiger partial charge in [-0.25, -0.2) is 0 Å². The van der Waals surface area contributed by atoms with Crippen LogP contribution in [0, 0.1) is 0 Å². The van der Waals surface area contributed by atoms with E-state index in [1.165, 1.54) is 10.9 Å². The first kappa shape index (κ1) is 12.8. The Morgan fingerprint density at radius 2 is 1.94 bits per heavy atom. The van der Waals surface area contributed by atoms with Crippen LogP contribution >= 0.6 is 0 Å². The number of benzene rings is 1. The number of nitrogens with zero attached hydrogens (tertiary/aromatic N) is 1. The van der Waals surface area contributed by atoms with Gasteiger partial charge in [-0.15, -0.1) is 0 Å². The molecule has 0 aliphatic rings. The lowest BCUT2D eigenvalue weighted by Gasteiger charge is -2.18. The zero-order valence-corrected chi connectivity index (χ0v) is 11.3. The number of hydrogen-bond acceptors (Lipinski definition) is 2. The molecule has 0 fully saturated rings. The van der Waals surface area contributed by atoms with Crippen molar-refractivity contribution in [2.45, 2.75) is 26.3 Å². The third kappa shape index (κ3) is 3.41. The van der Waals surface area contributed by atoms with Crippen LogP contribution in [0.2, 0.25) is 0 Å². The molecule has 94 valence electrons. The lowest BCUT2D eigenvalue weighted by molar-refractivity contribution is 0.450. The van der Waals surface area contributed by atoms with Crippen LogP contribution in [0.1, 0.15) is 26.3 Å². The van der Waals surface area contributed by atoms with Gasteiger partial charge in [0, 0.05) is 23.7 Å². The number of nitrogens with one attached hydrogen (secondary N) is 1. The van der Waals surface area contributed by atoms with Crippen LogP contribution in [0.4, 0.5) is 0 Å². The highest BCUT2D eigenvalue weighted by Gasteiger charge is 2.05. The second-order valence-electron chi connectivity index (χ2n) is 5.45. The summed E-state index contributed by atoms with van der Waals surface area (Å²) >= 11 is 0. The fraction of sp³-hybridized carbons (Fsp3) is 0.312. The van der Waals surface area contributed by atoms with Gasteiger partial charge in [-0.2, -0.15) is 0 Å². The van der Waals surface area contributed by atoms with Crippen molar-refractivity contribution in [2.24, 2.45) is 0 Å². The number of fused-ring (bicyclic) bond motifs is 1. The van der Waals surface area contributed by atoms with Crippen molar-refractivity contribution < 1.29 is 0 Å². The molecule has 0 saturated heterocycles. The van der Waals surface area contributed by atoms with E-state index in [2.05, 4.69) is 61.4 Å². The molecule has 2 rings (SSSR count). The zero-order valence-electron chi connectivity index (χ0n) is 11.3. The van der Waals surface area contributed by atoms with Crippen LogP contribution in [-0.2, 0) is 0 Å². The molecule has 0 radical (unpaired) electrons. The van der Waals surface area contributed by atoms with Gasteiger partial charge >= 0.3 is 0 Å². The predicted molar refractivity (Wildman–Crippen MR) is 78.5 cm³/mol. The van der Waals surface area contributed by atoms with Gasteiger partial charge < -0.3 is 5.32 Å². The van der Waals surface area contributed by atoms with Crippen LogP contribution in [0.15, 0.2) is 42.6 Å². The average molecular weight is 240 g/mol. The first-order chi connectivity index (χ1) is 8.56. The molecule has 0 unspecified atom stereocenters. The largest absolute Gasteiger partial charge is 0.309 e. The summed E-state index contributed by atoms with van der Waals surface area (Å²) in [5, 5.41) is 4.64. The van der Waals surface area contributed by atoms with Crippen LogP contribution in [0.3, 0.4) is 0 Å². The number of hydrogen-bond donors (Lipinski definition) is 1. The molecule has 0 amide bonds. The van der Waals surface area contributed by atoms with Crippen LogP contribution in [-0.4, -0.2) is 17.1 Å². The second-order valence-corrected chi connectivity index (χ2v) is 5.45. The Morgan fingerprint density at radius 3 is 2.72 bits per heavy atom. The minimum Gasteiger partial charge on any atom is -0.309 e. The van der Waals surface area contributed by atoms with Crippen molar-refractivity contribution in [3.63, 3.8) is 0 Å². The maximum atomic E-state index is 4.36. The second kappa shape index (κ2) is 5.32. The summed E-state index contributed by atoms with van der Waals surface area (Å²) in [4.78, 5) is 4.36. The predicted octanol–water partition coefficient (Wildman–Crippen LogP) is 3.64. The van der Waals surface area contributed by atoms with Crippen LogP contribution in [0.25, 0.3) is 17.0 Å². The van der Waals surface area contributed by atoms with E-state index in [1.807, 2.05) is 18.3 Å². The molecule has 0 spiro atoms. The molecule has 0 aliphatic heterocycles. The highest BCUT2D eigenvalue weighted by molar-refractivity contribution is 5.87. The number of aromatic nitrogens is 1. The summed E-state index contributed by atoms with van der Waals surface area (Å²) in [7, 11) is 0. The molecule has 1 aromatic heterocycles. The molecule has 0 bridgehead atoms. The van der Waals surface area contributed by atoms with Gasteiger partial charge in [0.2, 0.25) is 0 Å². The summed E-state index contributed by atoms with van der Waals surface area (Å²) in [6, 6.07) is 10.3. The molecule has 2 heteroatoms. The third-order valence-electron chi connectivity index (χ3n) is 2.73. The minimum absolute atomic E-state index is 0.157. The topological polar surface area (TPSA) is 24.9 Å². The van der Waals surface area contributed by atoms with Crippen molar-refractivity contribution in [1.29, 1.82) is 0 Å². The molecule has 1 N–H and O–H groups in total. The van der Waals surface area contributed by atoms with Crippen LogP contribution in [0.5, 0.6) is 0 Å². The Labute approximate surface area is 109 Å². The van der Waals surface area contributed by atoms with Crippen molar-refractivity contribution in [3.05, 3.63) is 48.2 Å². The monoisotopic (exact) mass is 240 g/mol. The van der Waals surface area contributed by atoms with E-state index in [-0.39, 0.29) is 5.54 Å². The standard InChI is InChI=1S/C16H20N2/c1-16(2,3)18-11-6-7-13-10-12-17-15-9-5-4-8-14(13)15/h4-10,12,18H,11H2,1-3H3.